The molecule has 1 atom stereocenters. The minimum atomic E-state index is -0.144. The van der Waals surface area contributed by atoms with Crippen LogP contribution in [0.3, 0.4) is 0 Å². The Morgan fingerprint density at radius 2 is 2.37 bits per heavy atom. The van der Waals surface area contributed by atoms with E-state index in [1.54, 1.807) is 6.07 Å². The Labute approximate surface area is 118 Å². The summed E-state index contributed by atoms with van der Waals surface area (Å²) in [7, 11) is 0. The summed E-state index contributed by atoms with van der Waals surface area (Å²) in [5, 5.41) is 0.488. The fourth-order valence-corrected chi connectivity index (χ4v) is 2.61. The van der Waals surface area contributed by atoms with E-state index >= 15 is 0 Å². The summed E-state index contributed by atoms with van der Waals surface area (Å²) in [6.45, 7) is 3.81. The van der Waals surface area contributed by atoms with Crippen LogP contribution in [0.25, 0.3) is 0 Å². The number of pyridine rings is 1. The molecule has 1 unspecified atom stereocenters. The zero-order valence-electron chi connectivity index (χ0n) is 11.1. The molecule has 1 aliphatic heterocycles. The zero-order chi connectivity index (χ0) is 13.7. The van der Waals surface area contributed by atoms with E-state index in [-0.39, 0.29) is 12.0 Å². The third kappa shape index (κ3) is 3.91. The molecule has 1 aliphatic rings. The fraction of sp³-hybridized carbons (Fsp3) is 0.571. The van der Waals surface area contributed by atoms with Gasteiger partial charge in [0, 0.05) is 6.54 Å². The summed E-state index contributed by atoms with van der Waals surface area (Å²) < 4.78 is 5.15. The van der Waals surface area contributed by atoms with Crippen LogP contribution in [0, 0.1) is 0 Å². The van der Waals surface area contributed by atoms with Gasteiger partial charge in [0.1, 0.15) is 11.2 Å². The third-order valence-corrected chi connectivity index (χ3v) is 3.52. The lowest BCUT2D eigenvalue weighted by Gasteiger charge is -2.33. The second-order valence-electron chi connectivity index (χ2n) is 4.69. The molecule has 0 aromatic carbocycles. The predicted octanol–water partition coefficient (Wildman–Crippen LogP) is 2.65. The van der Waals surface area contributed by atoms with Gasteiger partial charge in [0.2, 0.25) is 0 Å². The molecule has 0 radical (unpaired) electrons. The molecular formula is C14H19ClN2O2. The summed E-state index contributed by atoms with van der Waals surface area (Å²) in [5.74, 6) is -0.121. The molecule has 1 aromatic rings. The van der Waals surface area contributed by atoms with Crippen molar-refractivity contribution in [3.8, 4) is 0 Å². The van der Waals surface area contributed by atoms with Crippen molar-refractivity contribution in [1.29, 1.82) is 0 Å². The Bertz CT molecular complexity index is 439. The van der Waals surface area contributed by atoms with E-state index in [4.69, 9.17) is 16.3 Å². The molecule has 2 heterocycles. The molecule has 0 saturated carbocycles. The number of rotatable bonds is 4. The van der Waals surface area contributed by atoms with Crippen molar-refractivity contribution in [2.45, 2.75) is 38.8 Å². The van der Waals surface area contributed by atoms with Crippen LogP contribution in [0.4, 0.5) is 0 Å². The van der Waals surface area contributed by atoms with Crippen molar-refractivity contribution in [1.82, 2.24) is 9.88 Å². The maximum Gasteiger partial charge on any atom is 0.323 e. The van der Waals surface area contributed by atoms with Gasteiger partial charge in [-0.1, -0.05) is 24.1 Å². The normalized spacial score (nSPS) is 20.2. The average molecular weight is 283 g/mol. The van der Waals surface area contributed by atoms with Crippen LogP contribution in [-0.2, 0) is 16.1 Å². The SMILES string of the molecule is CCOC(=O)C1CCCCN1Cc1cccc(Cl)n1. The minimum Gasteiger partial charge on any atom is -0.465 e. The first-order valence-electron chi connectivity index (χ1n) is 6.73. The van der Waals surface area contributed by atoms with E-state index in [1.807, 2.05) is 19.1 Å². The van der Waals surface area contributed by atoms with E-state index in [1.165, 1.54) is 0 Å². The van der Waals surface area contributed by atoms with E-state index in [0.717, 1.165) is 31.5 Å². The molecule has 0 N–H and O–H groups in total. The van der Waals surface area contributed by atoms with Gasteiger partial charge in [-0.2, -0.15) is 0 Å². The molecule has 1 fully saturated rings. The molecule has 5 heteroatoms. The van der Waals surface area contributed by atoms with Crippen molar-refractivity contribution in [2.24, 2.45) is 0 Å². The van der Waals surface area contributed by atoms with Crippen LogP contribution in [0.1, 0.15) is 31.9 Å². The first-order chi connectivity index (χ1) is 9.20. The lowest BCUT2D eigenvalue weighted by Crippen LogP contribution is -2.45. The first-order valence-corrected chi connectivity index (χ1v) is 7.10. The number of carbonyl (C=O) groups is 1. The van der Waals surface area contributed by atoms with Crippen LogP contribution in [-0.4, -0.2) is 35.0 Å². The van der Waals surface area contributed by atoms with Crippen molar-refractivity contribution in [2.75, 3.05) is 13.2 Å². The molecule has 4 nitrogen and oxygen atoms in total. The molecule has 0 bridgehead atoms. The molecule has 0 spiro atoms. The number of esters is 1. The number of nitrogens with zero attached hydrogens (tertiary/aromatic N) is 2. The first kappa shape index (κ1) is 14.3. The number of halogens is 1. The van der Waals surface area contributed by atoms with Crippen molar-refractivity contribution in [3.05, 3.63) is 29.0 Å². The van der Waals surface area contributed by atoms with Crippen LogP contribution < -0.4 is 0 Å². The van der Waals surface area contributed by atoms with Crippen LogP contribution in [0.15, 0.2) is 18.2 Å². The van der Waals surface area contributed by atoms with E-state index in [9.17, 15) is 4.79 Å². The summed E-state index contributed by atoms with van der Waals surface area (Å²) in [6, 6.07) is 5.43. The summed E-state index contributed by atoms with van der Waals surface area (Å²) in [6.07, 6.45) is 3.04. The molecule has 1 aromatic heterocycles. The Morgan fingerprint density at radius 3 is 3.11 bits per heavy atom. The quantitative estimate of drug-likeness (QED) is 0.629. The van der Waals surface area contributed by atoms with E-state index in [2.05, 4.69) is 9.88 Å². The van der Waals surface area contributed by atoms with Gasteiger partial charge >= 0.3 is 5.97 Å². The second kappa shape index (κ2) is 6.87. The van der Waals surface area contributed by atoms with Crippen molar-refractivity contribution >= 4 is 17.6 Å². The highest BCUT2D eigenvalue weighted by atomic mass is 35.5. The Kier molecular flexibility index (Phi) is 5.16. The van der Waals surface area contributed by atoms with Crippen LogP contribution in [0.2, 0.25) is 5.15 Å². The number of hydrogen-bond donors (Lipinski definition) is 0. The lowest BCUT2D eigenvalue weighted by atomic mass is 10.0. The van der Waals surface area contributed by atoms with Gasteiger partial charge in [0.15, 0.2) is 0 Å². The van der Waals surface area contributed by atoms with E-state index < -0.39 is 0 Å². The van der Waals surface area contributed by atoms with Crippen molar-refractivity contribution in [3.63, 3.8) is 0 Å². The highest BCUT2D eigenvalue weighted by molar-refractivity contribution is 6.29. The highest BCUT2D eigenvalue weighted by Crippen LogP contribution is 2.20. The van der Waals surface area contributed by atoms with Gasteiger partial charge in [-0.15, -0.1) is 0 Å². The maximum absolute atomic E-state index is 12.0. The fourth-order valence-electron chi connectivity index (χ4n) is 2.43. The lowest BCUT2D eigenvalue weighted by molar-refractivity contribution is -0.151. The molecular weight excluding hydrogens is 264 g/mol. The Hall–Kier alpha value is -1.13. The largest absolute Gasteiger partial charge is 0.465 e. The van der Waals surface area contributed by atoms with Gasteiger partial charge in [-0.3, -0.25) is 9.69 Å². The van der Waals surface area contributed by atoms with Gasteiger partial charge in [-0.25, -0.2) is 4.98 Å². The Balaban J connectivity index is 2.05. The topological polar surface area (TPSA) is 42.4 Å². The summed E-state index contributed by atoms with van der Waals surface area (Å²) in [4.78, 5) is 18.4. The maximum atomic E-state index is 12.0. The summed E-state index contributed by atoms with van der Waals surface area (Å²) >= 11 is 5.89. The predicted molar refractivity (Wildman–Crippen MR) is 73.9 cm³/mol. The standard InChI is InChI=1S/C14H19ClN2O2/c1-2-19-14(18)12-7-3-4-9-17(12)10-11-6-5-8-13(15)16-11/h5-6,8,12H,2-4,7,9-10H2,1H3. The molecule has 0 amide bonds. The second-order valence-corrected chi connectivity index (χ2v) is 5.07. The van der Waals surface area contributed by atoms with Gasteiger partial charge in [0.25, 0.3) is 0 Å². The molecule has 19 heavy (non-hydrogen) atoms. The number of hydrogen-bond acceptors (Lipinski definition) is 4. The zero-order valence-corrected chi connectivity index (χ0v) is 11.9. The molecule has 1 saturated heterocycles. The van der Waals surface area contributed by atoms with E-state index in [0.29, 0.717) is 18.3 Å². The molecule has 2 rings (SSSR count). The van der Waals surface area contributed by atoms with Gasteiger partial charge in [-0.05, 0) is 38.4 Å². The number of carbonyl (C=O) groups excluding carboxylic acids is 1. The molecule has 104 valence electrons. The highest BCUT2D eigenvalue weighted by Gasteiger charge is 2.29. The number of likely N-dealkylation sites (tertiary alicyclic amines) is 1. The van der Waals surface area contributed by atoms with Crippen molar-refractivity contribution < 1.29 is 9.53 Å². The van der Waals surface area contributed by atoms with Gasteiger partial charge in [0.05, 0.1) is 12.3 Å². The number of aromatic nitrogens is 1. The molecule has 0 aliphatic carbocycles. The van der Waals surface area contributed by atoms with Gasteiger partial charge < -0.3 is 4.74 Å². The minimum absolute atomic E-state index is 0.121. The Morgan fingerprint density at radius 1 is 1.53 bits per heavy atom. The van der Waals surface area contributed by atoms with Crippen LogP contribution in [0.5, 0.6) is 0 Å². The summed E-state index contributed by atoms with van der Waals surface area (Å²) in [5.41, 5.74) is 0.892. The smallest absolute Gasteiger partial charge is 0.323 e. The third-order valence-electron chi connectivity index (χ3n) is 3.31. The monoisotopic (exact) mass is 282 g/mol. The van der Waals surface area contributed by atoms with Crippen LogP contribution >= 0.6 is 11.6 Å². The number of piperidine rings is 1. The number of ether oxygens (including phenoxy) is 1. The average Bonchev–Trinajstić information content (AvgIpc) is 2.39.